The van der Waals surface area contributed by atoms with Gasteiger partial charge in [-0.15, -0.1) is 0 Å². The molecule has 0 saturated heterocycles. The predicted molar refractivity (Wildman–Crippen MR) is 110 cm³/mol. The normalized spacial score (nSPS) is 12.2. The van der Waals surface area contributed by atoms with Gasteiger partial charge in [-0.1, -0.05) is 24.3 Å². The number of benzene rings is 3. The van der Waals surface area contributed by atoms with Crippen LogP contribution in [0.3, 0.4) is 0 Å². The average molecular weight is 376 g/mol. The van der Waals surface area contributed by atoms with Gasteiger partial charge in [0.25, 0.3) is 0 Å². The van der Waals surface area contributed by atoms with E-state index in [0.717, 1.165) is 6.07 Å². The SMILES string of the molecule is CC(=Nc1cc(N=C(C)c2ccccc2O)c(O)cc1O)c1ccccc1O. The van der Waals surface area contributed by atoms with E-state index in [2.05, 4.69) is 9.98 Å². The maximum absolute atomic E-state index is 10.2. The Morgan fingerprint density at radius 2 is 0.964 bits per heavy atom. The molecular formula is C22H20N2O4. The smallest absolute Gasteiger partial charge is 0.145 e. The Kier molecular flexibility index (Phi) is 5.31. The summed E-state index contributed by atoms with van der Waals surface area (Å²) in [5, 5.41) is 40.3. The Balaban J connectivity index is 2.04. The highest BCUT2D eigenvalue weighted by Crippen LogP contribution is 2.39. The molecule has 0 aliphatic rings. The lowest BCUT2D eigenvalue weighted by atomic mass is 10.1. The van der Waals surface area contributed by atoms with Crippen LogP contribution in [-0.4, -0.2) is 31.8 Å². The lowest BCUT2D eigenvalue weighted by Crippen LogP contribution is -1.95. The van der Waals surface area contributed by atoms with Crippen molar-refractivity contribution in [3.8, 4) is 23.0 Å². The number of rotatable bonds is 4. The number of nitrogens with zero attached hydrogens (tertiary/aromatic N) is 2. The van der Waals surface area contributed by atoms with Gasteiger partial charge in [0.15, 0.2) is 0 Å². The third-order valence-electron chi connectivity index (χ3n) is 4.24. The molecule has 3 aromatic rings. The van der Waals surface area contributed by atoms with Crippen LogP contribution in [0.4, 0.5) is 11.4 Å². The van der Waals surface area contributed by atoms with Gasteiger partial charge in [0, 0.05) is 28.6 Å². The van der Waals surface area contributed by atoms with E-state index in [0.29, 0.717) is 22.6 Å². The van der Waals surface area contributed by atoms with Crippen LogP contribution in [0.15, 0.2) is 70.6 Å². The molecule has 0 saturated carbocycles. The van der Waals surface area contributed by atoms with E-state index in [1.807, 2.05) is 0 Å². The van der Waals surface area contributed by atoms with Gasteiger partial charge in [0.1, 0.15) is 34.4 Å². The van der Waals surface area contributed by atoms with Crippen molar-refractivity contribution in [3.63, 3.8) is 0 Å². The number of hydrogen-bond acceptors (Lipinski definition) is 6. The van der Waals surface area contributed by atoms with Crippen LogP contribution in [0.25, 0.3) is 0 Å². The summed E-state index contributed by atoms with van der Waals surface area (Å²) >= 11 is 0. The molecule has 0 aliphatic carbocycles. The monoisotopic (exact) mass is 376 g/mol. The molecule has 6 nitrogen and oxygen atoms in total. The highest BCUT2D eigenvalue weighted by atomic mass is 16.3. The van der Waals surface area contributed by atoms with Gasteiger partial charge >= 0.3 is 0 Å². The fourth-order valence-electron chi connectivity index (χ4n) is 2.77. The highest BCUT2D eigenvalue weighted by molar-refractivity contribution is 6.04. The van der Waals surface area contributed by atoms with Crippen LogP contribution in [0.2, 0.25) is 0 Å². The molecule has 3 aromatic carbocycles. The quantitative estimate of drug-likeness (QED) is 0.491. The number of para-hydroxylation sites is 2. The predicted octanol–water partition coefficient (Wildman–Crippen LogP) is 4.79. The van der Waals surface area contributed by atoms with E-state index >= 15 is 0 Å². The van der Waals surface area contributed by atoms with Crippen molar-refractivity contribution < 1.29 is 20.4 Å². The van der Waals surface area contributed by atoms with E-state index in [1.165, 1.54) is 6.07 Å². The molecule has 0 unspecified atom stereocenters. The molecule has 0 radical (unpaired) electrons. The zero-order valence-electron chi connectivity index (χ0n) is 15.5. The van der Waals surface area contributed by atoms with Crippen LogP contribution in [0, 0.1) is 0 Å². The first kappa shape index (κ1) is 19.0. The summed E-state index contributed by atoms with van der Waals surface area (Å²) in [6, 6.07) is 16.1. The Hall–Kier alpha value is -3.80. The fourth-order valence-corrected chi connectivity index (χ4v) is 2.77. The van der Waals surface area contributed by atoms with Gasteiger partial charge in [-0.3, -0.25) is 0 Å². The van der Waals surface area contributed by atoms with Gasteiger partial charge in [-0.25, -0.2) is 9.98 Å². The molecule has 0 aromatic heterocycles. The third-order valence-corrected chi connectivity index (χ3v) is 4.24. The number of phenolic OH excluding ortho intramolecular Hbond substituents is 4. The molecule has 3 rings (SSSR count). The first-order valence-electron chi connectivity index (χ1n) is 8.60. The van der Waals surface area contributed by atoms with E-state index in [9.17, 15) is 20.4 Å². The third kappa shape index (κ3) is 3.96. The summed E-state index contributed by atoms with van der Waals surface area (Å²) in [5.41, 5.74) is 2.44. The first-order valence-corrected chi connectivity index (χ1v) is 8.60. The second-order valence-corrected chi connectivity index (χ2v) is 6.26. The van der Waals surface area contributed by atoms with Gasteiger partial charge in [0.05, 0.1) is 0 Å². The first-order chi connectivity index (χ1) is 13.4. The summed E-state index contributed by atoms with van der Waals surface area (Å²) in [4.78, 5) is 8.73. The summed E-state index contributed by atoms with van der Waals surface area (Å²) in [6.07, 6.45) is 0. The molecule has 0 heterocycles. The Labute approximate surface area is 162 Å². The average Bonchev–Trinajstić information content (AvgIpc) is 2.66. The zero-order chi connectivity index (χ0) is 20.3. The van der Waals surface area contributed by atoms with E-state index in [-0.39, 0.29) is 34.4 Å². The van der Waals surface area contributed by atoms with Crippen molar-refractivity contribution in [2.45, 2.75) is 13.8 Å². The molecule has 4 N–H and O–H groups in total. The van der Waals surface area contributed by atoms with Crippen LogP contribution in [-0.2, 0) is 0 Å². The molecule has 0 spiro atoms. The van der Waals surface area contributed by atoms with Crippen molar-refractivity contribution in [3.05, 3.63) is 71.8 Å². The lowest BCUT2D eigenvalue weighted by Gasteiger charge is -2.08. The minimum absolute atomic E-state index is 0.0793. The van der Waals surface area contributed by atoms with Crippen molar-refractivity contribution in [2.75, 3.05) is 0 Å². The molecule has 0 aliphatic heterocycles. The van der Waals surface area contributed by atoms with Gasteiger partial charge in [0.2, 0.25) is 0 Å². The summed E-state index contributed by atoms with van der Waals surface area (Å²) < 4.78 is 0. The summed E-state index contributed by atoms with van der Waals surface area (Å²) in [5.74, 6) is -0.274. The Morgan fingerprint density at radius 1 is 0.571 bits per heavy atom. The van der Waals surface area contributed by atoms with Crippen molar-refractivity contribution >= 4 is 22.8 Å². The second kappa shape index (κ2) is 7.84. The summed E-state index contributed by atoms with van der Waals surface area (Å²) in [7, 11) is 0. The van der Waals surface area contributed by atoms with Crippen LogP contribution < -0.4 is 0 Å². The fraction of sp³-hybridized carbons (Fsp3) is 0.0909. The minimum Gasteiger partial charge on any atom is -0.507 e. The standard InChI is InChI=1S/C22H20N2O4/c1-13(15-7-3-5-9-19(15)25)23-17-11-18(22(28)12-21(17)27)24-14(2)16-8-4-6-10-20(16)26/h3-12,25-28H,1-2H3. The number of aliphatic imine (C=N–C) groups is 2. The van der Waals surface area contributed by atoms with Crippen LogP contribution in [0.1, 0.15) is 25.0 Å². The second-order valence-electron chi connectivity index (χ2n) is 6.26. The lowest BCUT2D eigenvalue weighted by molar-refractivity contribution is 0.452. The minimum atomic E-state index is -0.216. The van der Waals surface area contributed by atoms with E-state index < -0.39 is 0 Å². The molecular weight excluding hydrogens is 356 g/mol. The molecule has 0 bridgehead atoms. The summed E-state index contributed by atoms with van der Waals surface area (Å²) in [6.45, 7) is 3.41. The number of hydrogen-bond donors (Lipinski definition) is 4. The number of phenols is 4. The molecule has 0 amide bonds. The van der Waals surface area contributed by atoms with Crippen molar-refractivity contribution in [1.82, 2.24) is 0 Å². The number of aromatic hydroxyl groups is 4. The van der Waals surface area contributed by atoms with Gasteiger partial charge < -0.3 is 20.4 Å². The Morgan fingerprint density at radius 3 is 1.36 bits per heavy atom. The molecule has 6 heteroatoms. The highest BCUT2D eigenvalue weighted by Gasteiger charge is 2.11. The molecule has 0 atom stereocenters. The van der Waals surface area contributed by atoms with Crippen molar-refractivity contribution in [2.24, 2.45) is 9.98 Å². The van der Waals surface area contributed by atoms with Crippen LogP contribution in [0.5, 0.6) is 23.0 Å². The Bertz CT molecular complexity index is 1000. The van der Waals surface area contributed by atoms with E-state index in [4.69, 9.17) is 0 Å². The van der Waals surface area contributed by atoms with Gasteiger partial charge in [-0.05, 0) is 44.2 Å². The van der Waals surface area contributed by atoms with E-state index in [1.54, 1.807) is 62.4 Å². The van der Waals surface area contributed by atoms with Crippen molar-refractivity contribution in [1.29, 1.82) is 0 Å². The van der Waals surface area contributed by atoms with Crippen LogP contribution >= 0.6 is 0 Å². The zero-order valence-corrected chi connectivity index (χ0v) is 15.5. The maximum atomic E-state index is 10.2. The maximum Gasteiger partial charge on any atom is 0.145 e. The molecule has 28 heavy (non-hydrogen) atoms. The molecule has 0 fully saturated rings. The largest absolute Gasteiger partial charge is 0.507 e. The van der Waals surface area contributed by atoms with Gasteiger partial charge in [-0.2, -0.15) is 0 Å². The molecule has 142 valence electrons. The topological polar surface area (TPSA) is 106 Å².